The Morgan fingerprint density at radius 2 is 2.09 bits per heavy atom. The molecular formula is C7H5N4. The van der Waals surface area contributed by atoms with Gasteiger partial charge in [-0.15, -0.1) is 5.10 Å². The fourth-order valence-electron chi connectivity index (χ4n) is 0.826. The number of tetrazole rings is 1. The highest BCUT2D eigenvalue weighted by Gasteiger charge is 1.97. The minimum atomic E-state index is 0.680. The molecule has 0 saturated carbocycles. The van der Waals surface area contributed by atoms with Gasteiger partial charge in [0.15, 0.2) is 5.82 Å². The van der Waals surface area contributed by atoms with E-state index in [0.29, 0.717) is 5.82 Å². The zero-order chi connectivity index (χ0) is 7.52. The van der Waals surface area contributed by atoms with Gasteiger partial charge in [0.25, 0.3) is 0 Å². The summed E-state index contributed by atoms with van der Waals surface area (Å²) in [6.07, 6.45) is 0. The monoisotopic (exact) mass is 145 g/mol. The zero-order valence-corrected chi connectivity index (χ0v) is 5.65. The van der Waals surface area contributed by atoms with Gasteiger partial charge in [-0.25, -0.2) is 5.10 Å². The van der Waals surface area contributed by atoms with E-state index in [0.717, 1.165) is 5.56 Å². The highest BCUT2D eigenvalue weighted by Crippen LogP contribution is 2.09. The summed E-state index contributed by atoms with van der Waals surface area (Å²) < 4.78 is 0. The van der Waals surface area contributed by atoms with Crippen LogP contribution in [0.1, 0.15) is 0 Å². The van der Waals surface area contributed by atoms with Crippen molar-refractivity contribution in [1.29, 1.82) is 0 Å². The summed E-state index contributed by atoms with van der Waals surface area (Å²) in [5, 5.41) is 13.4. The minimum Gasteiger partial charge on any atom is -0.239 e. The third-order valence-electron chi connectivity index (χ3n) is 1.34. The molecule has 1 radical (unpaired) electrons. The van der Waals surface area contributed by atoms with E-state index in [1.54, 1.807) is 0 Å². The van der Waals surface area contributed by atoms with Crippen molar-refractivity contribution < 1.29 is 0 Å². The van der Waals surface area contributed by atoms with Gasteiger partial charge in [0, 0.05) is 5.56 Å². The van der Waals surface area contributed by atoms with Gasteiger partial charge < -0.3 is 0 Å². The molecule has 53 valence electrons. The van der Waals surface area contributed by atoms with Crippen LogP contribution in [0.2, 0.25) is 0 Å². The van der Waals surface area contributed by atoms with Crippen LogP contribution in [0.15, 0.2) is 24.3 Å². The second-order valence-electron chi connectivity index (χ2n) is 2.04. The SMILES string of the molecule is [c]1ccc(-c2nnn[nH]2)cc1. The first-order valence-corrected chi connectivity index (χ1v) is 3.17. The smallest absolute Gasteiger partial charge is 0.179 e. The average Bonchev–Trinajstić information content (AvgIpc) is 2.58. The summed E-state index contributed by atoms with van der Waals surface area (Å²) in [6.45, 7) is 0. The van der Waals surface area contributed by atoms with Gasteiger partial charge in [-0.3, -0.25) is 0 Å². The quantitative estimate of drug-likeness (QED) is 0.641. The number of nitrogens with zero attached hydrogens (tertiary/aromatic N) is 3. The molecule has 0 amide bonds. The van der Waals surface area contributed by atoms with Gasteiger partial charge in [-0.1, -0.05) is 24.3 Å². The van der Waals surface area contributed by atoms with Crippen LogP contribution in [-0.4, -0.2) is 20.6 Å². The van der Waals surface area contributed by atoms with Gasteiger partial charge in [-0.05, 0) is 16.5 Å². The first kappa shape index (κ1) is 6.03. The Morgan fingerprint density at radius 3 is 2.73 bits per heavy atom. The fraction of sp³-hybridized carbons (Fsp3) is 0. The molecule has 0 aliphatic carbocycles. The molecule has 1 aromatic heterocycles. The van der Waals surface area contributed by atoms with Crippen molar-refractivity contribution in [2.24, 2.45) is 0 Å². The van der Waals surface area contributed by atoms with E-state index in [-0.39, 0.29) is 0 Å². The highest BCUT2D eigenvalue weighted by molar-refractivity contribution is 5.52. The van der Waals surface area contributed by atoms with Crippen LogP contribution in [0.4, 0.5) is 0 Å². The number of rotatable bonds is 1. The average molecular weight is 145 g/mol. The van der Waals surface area contributed by atoms with E-state index >= 15 is 0 Å². The molecule has 0 saturated heterocycles. The van der Waals surface area contributed by atoms with Crippen LogP contribution in [0.25, 0.3) is 11.4 Å². The number of aromatic nitrogens is 4. The molecule has 1 aromatic carbocycles. The first-order valence-electron chi connectivity index (χ1n) is 3.17. The van der Waals surface area contributed by atoms with Gasteiger partial charge >= 0.3 is 0 Å². The van der Waals surface area contributed by atoms with Crippen LogP contribution in [0, 0.1) is 6.07 Å². The van der Waals surface area contributed by atoms with Crippen molar-refractivity contribution in [1.82, 2.24) is 20.6 Å². The van der Waals surface area contributed by atoms with Crippen LogP contribution < -0.4 is 0 Å². The number of H-pyrrole nitrogens is 1. The molecule has 0 spiro atoms. The number of hydrogen-bond donors (Lipinski definition) is 1. The molecule has 4 nitrogen and oxygen atoms in total. The molecule has 0 bridgehead atoms. The lowest BCUT2D eigenvalue weighted by molar-refractivity contribution is 0.881. The molecule has 0 atom stereocenters. The molecule has 4 heteroatoms. The van der Waals surface area contributed by atoms with Gasteiger partial charge in [0.2, 0.25) is 0 Å². The van der Waals surface area contributed by atoms with Crippen LogP contribution in [-0.2, 0) is 0 Å². The highest BCUT2D eigenvalue weighted by atomic mass is 15.5. The van der Waals surface area contributed by atoms with Gasteiger partial charge in [-0.2, -0.15) is 0 Å². The van der Waals surface area contributed by atoms with Gasteiger partial charge in [0.05, 0.1) is 0 Å². The molecule has 11 heavy (non-hydrogen) atoms. The Hall–Kier alpha value is -1.71. The number of aromatic amines is 1. The maximum absolute atomic E-state index is 3.76. The van der Waals surface area contributed by atoms with Crippen molar-refractivity contribution in [3.63, 3.8) is 0 Å². The Labute approximate surface area is 63.3 Å². The Kier molecular flexibility index (Phi) is 1.37. The zero-order valence-electron chi connectivity index (χ0n) is 5.65. The number of hydrogen-bond acceptors (Lipinski definition) is 3. The minimum absolute atomic E-state index is 0.680. The second-order valence-corrected chi connectivity index (χ2v) is 2.04. The third kappa shape index (κ3) is 1.10. The molecular weight excluding hydrogens is 140 g/mol. The number of benzene rings is 1. The summed E-state index contributed by atoms with van der Waals surface area (Å²) in [6, 6.07) is 10.3. The van der Waals surface area contributed by atoms with Crippen molar-refractivity contribution in [3.8, 4) is 11.4 Å². The maximum atomic E-state index is 3.76. The molecule has 2 rings (SSSR count). The van der Waals surface area contributed by atoms with E-state index < -0.39 is 0 Å². The van der Waals surface area contributed by atoms with Crippen LogP contribution >= 0.6 is 0 Å². The van der Waals surface area contributed by atoms with E-state index in [4.69, 9.17) is 0 Å². The normalized spacial score (nSPS) is 9.82. The molecule has 2 aromatic rings. The molecule has 0 fully saturated rings. The molecule has 0 unspecified atom stereocenters. The lowest BCUT2D eigenvalue weighted by atomic mass is 10.2. The summed E-state index contributed by atoms with van der Waals surface area (Å²) in [5.41, 5.74) is 0.966. The number of nitrogens with one attached hydrogen (secondary N) is 1. The largest absolute Gasteiger partial charge is 0.239 e. The molecule has 1 heterocycles. The Balaban J connectivity index is 2.46. The van der Waals surface area contributed by atoms with Crippen molar-refractivity contribution in [2.75, 3.05) is 0 Å². The lowest BCUT2D eigenvalue weighted by Crippen LogP contribution is -1.78. The summed E-state index contributed by atoms with van der Waals surface area (Å²) in [5.74, 6) is 0.680. The summed E-state index contributed by atoms with van der Waals surface area (Å²) >= 11 is 0. The molecule has 1 N–H and O–H groups in total. The molecule has 0 aliphatic rings. The van der Waals surface area contributed by atoms with E-state index in [1.807, 2.05) is 24.3 Å². The Bertz CT molecular complexity index is 313. The summed E-state index contributed by atoms with van der Waals surface area (Å²) in [4.78, 5) is 0. The van der Waals surface area contributed by atoms with E-state index in [1.165, 1.54) is 0 Å². The predicted octanol–water partition coefficient (Wildman–Crippen LogP) is 0.667. The van der Waals surface area contributed by atoms with Crippen molar-refractivity contribution in [2.45, 2.75) is 0 Å². The van der Waals surface area contributed by atoms with Crippen molar-refractivity contribution >= 4 is 0 Å². The third-order valence-corrected chi connectivity index (χ3v) is 1.34. The maximum Gasteiger partial charge on any atom is 0.179 e. The predicted molar refractivity (Wildman–Crippen MR) is 38.4 cm³/mol. The van der Waals surface area contributed by atoms with E-state index in [9.17, 15) is 0 Å². The lowest BCUT2D eigenvalue weighted by Gasteiger charge is -1.90. The second kappa shape index (κ2) is 2.49. The van der Waals surface area contributed by atoms with E-state index in [2.05, 4.69) is 26.7 Å². The van der Waals surface area contributed by atoms with Gasteiger partial charge in [0.1, 0.15) is 0 Å². The fourth-order valence-corrected chi connectivity index (χ4v) is 0.826. The molecule has 0 aliphatic heterocycles. The topological polar surface area (TPSA) is 54.5 Å². The standard InChI is InChI=1S/C7H5N4/c1-2-4-6(5-3-1)7-8-10-11-9-7/h2-5H,(H,8,9,10,11). The first-order chi connectivity index (χ1) is 5.47. The van der Waals surface area contributed by atoms with Crippen LogP contribution in [0.3, 0.4) is 0 Å². The van der Waals surface area contributed by atoms with Crippen LogP contribution in [0.5, 0.6) is 0 Å². The van der Waals surface area contributed by atoms with Crippen molar-refractivity contribution in [3.05, 3.63) is 30.3 Å². The summed E-state index contributed by atoms with van der Waals surface area (Å²) in [7, 11) is 0. The Morgan fingerprint density at radius 1 is 1.27 bits per heavy atom.